The molecule has 3 rings (SSSR count). The van der Waals surface area contributed by atoms with Gasteiger partial charge in [0.1, 0.15) is 0 Å². The van der Waals surface area contributed by atoms with Crippen molar-refractivity contribution in [1.82, 2.24) is 9.80 Å². The van der Waals surface area contributed by atoms with E-state index >= 15 is 0 Å². The highest BCUT2D eigenvalue weighted by Gasteiger charge is 2.35. The molecule has 2 saturated heterocycles. The molecule has 0 N–H and O–H groups in total. The Morgan fingerprint density at radius 2 is 2.05 bits per heavy atom. The minimum Gasteiger partial charge on any atom is -0.379 e. The van der Waals surface area contributed by atoms with Crippen LogP contribution in [0.2, 0.25) is 0 Å². The molecule has 2 fully saturated rings. The van der Waals surface area contributed by atoms with Gasteiger partial charge in [0, 0.05) is 31.1 Å². The zero-order valence-corrected chi connectivity index (χ0v) is 12.9. The van der Waals surface area contributed by atoms with Crippen molar-refractivity contribution in [2.24, 2.45) is 5.92 Å². The molecule has 0 radical (unpaired) electrons. The quantitative estimate of drug-likeness (QED) is 0.829. The van der Waals surface area contributed by atoms with Crippen LogP contribution in [0, 0.1) is 5.92 Å². The highest BCUT2D eigenvalue weighted by atomic mass is 16.5. The minimum absolute atomic E-state index is 0.167. The first-order valence-corrected chi connectivity index (χ1v) is 7.84. The van der Waals surface area contributed by atoms with E-state index in [1.165, 1.54) is 0 Å². The molecule has 2 heterocycles. The van der Waals surface area contributed by atoms with Crippen LogP contribution in [0.4, 0.5) is 0 Å². The van der Waals surface area contributed by atoms with Gasteiger partial charge in [-0.2, -0.15) is 0 Å². The summed E-state index contributed by atoms with van der Waals surface area (Å²) in [6, 6.07) is 8.15. The maximum absolute atomic E-state index is 13.0. The lowest BCUT2D eigenvalue weighted by molar-refractivity contribution is 0.0483. The predicted molar refractivity (Wildman–Crippen MR) is 82.5 cm³/mol. The molecule has 2 aliphatic heterocycles. The van der Waals surface area contributed by atoms with Crippen LogP contribution in [0.25, 0.3) is 0 Å². The molecule has 2 atom stereocenters. The number of fused-ring (bicyclic) bond motifs is 3. The molecule has 0 spiro atoms. The molecule has 21 heavy (non-hydrogen) atoms. The molecule has 1 aromatic rings. The number of rotatable bonds is 2. The molecule has 0 aromatic heterocycles. The maximum Gasteiger partial charge on any atom is 0.254 e. The third kappa shape index (κ3) is 2.97. The number of benzene rings is 1. The van der Waals surface area contributed by atoms with Gasteiger partial charge < -0.3 is 14.5 Å². The molecule has 0 unspecified atom stereocenters. The van der Waals surface area contributed by atoms with E-state index < -0.39 is 0 Å². The largest absolute Gasteiger partial charge is 0.379 e. The Morgan fingerprint density at radius 3 is 2.86 bits per heavy atom. The predicted octanol–water partition coefficient (Wildman–Crippen LogP) is 1.65. The Hall–Kier alpha value is -1.39. The summed E-state index contributed by atoms with van der Waals surface area (Å²) in [5, 5.41) is 0. The average molecular weight is 288 g/mol. The van der Waals surface area contributed by atoms with Crippen molar-refractivity contribution >= 4 is 5.91 Å². The lowest BCUT2D eigenvalue weighted by Crippen LogP contribution is -2.46. The monoisotopic (exact) mass is 288 g/mol. The van der Waals surface area contributed by atoms with E-state index in [0.29, 0.717) is 12.5 Å². The summed E-state index contributed by atoms with van der Waals surface area (Å²) < 4.78 is 5.76. The lowest BCUT2D eigenvalue weighted by atomic mass is 10.0. The first kappa shape index (κ1) is 14.5. The number of carbonyl (C=O) groups excluding carboxylic acids is 1. The molecule has 2 bridgehead atoms. The lowest BCUT2D eigenvalue weighted by Gasteiger charge is -2.30. The van der Waals surface area contributed by atoms with Gasteiger partial charge in [-0.1, -0.05) is 25.1 Å². The van der Waals surface area contributed by atoms with Crippen LogP contribution < -0.4 is 0 Å². The molecular formula is C17H24N2O2. The van der Waals surface area contributed by atoms with E-state index in [4.69, 9.17) is 4.74 Å². The second kappa shape index (κ2) is 6.16. The number of ether oxygens (including phenoxy) is 1. The minimum atomic E-state index is 0.167. The van der Waals surface area contributed by atoms with Crippen molar-refractivity contribution in [2.75, 3.05) is 39.9 Å². The Labute approximate surface area is 126 Å². The Balaban J connectivity index is 1.89. The molecule has 0 aliphatic carbocycles. The van der Waals surface area contributed by atoms with Crippen LogP contribution in [0.3, 0.4) is 0 Å². The standard InChI is InChI=1S/C17H24N2O2/c1-3-14-6-4-5-7-16(14)17(20)19-9-13-8-18(2)10-15(19)12-21-11-13/h4-7,13,15H,3,8-12H2,1-2H3/t13-,15-/m0/s1. The summed E-state index contributed by atoms with van der Waals surface area (Å²) in [5.41, 5.74) is 1.99. The van der Waals surface area contributed by atoms with Gasteiger partial charge in [-0.05, 0) is 25.1 Å². The molecule has 0 saturated carbocycles. The summed E-state index contributed by atoms with van der Waals surface area (Å²) >= 11 is 0. The van der Waals surface area contributed by atoms with Gasteiger partial charge in [0.2, 0.25) is 0 Å². The third-order valence-electron chi connectivity index (χ3n) is 4.54. The first-order chi connectivity index (χ1) is 10.2. The van der Waals surface area contributed by atoms with Crippen molar-refractivity contribution in [3.05, 3.63) is 35.4 Å². The zero-order chi connectivity index (χ0) is 14.8. The number of amides is 1. The van der Waals surface area contributed by atoms with Gasteiger partial charge >= 0.3 is 0 Å². The highest BCUT2D eigenvalue weighted by molar-refractivity contribution is 5.96. The first-order valence-electron chi connectivity index (χ1n) is 7.84. The second-order valence-corrected chi connectivity index (χ2v) is 6.25. The van der Waals surface area contributed by atoms with Gasteiger partial charge in [-0.15, -0.1) is 0 Å². The summed E-state index contributed by atoms with van der Waals surface area (Å²) in [5.74, 6) is 0.587. The van der Waals surface area contributed by atoms with Crippen molar-refractivity contribution in [2.45, 2.75) is 19.4 Å². The van der Waals surface area contributed by atoms with Crippen LogP contribution in [0.1, 0.15) is 22.8 Å². The number of hydrogen-bond donors (Lipinski definition) is 0. The number of hydrogen-bond acceptors (Lipinski definition) is 3. The molecule has 114 valence electrons. The van der Waals surface area contributed by atoms with E-state index in [0.717, 1.165) is 43.8 Å². The summed E-state index contributed by atoms with van der Waals surface area (Å²) in [4.78, 5) is 17.4. The SMILES string of the molecule is CCc1ccccc1C(=O)N1C[C@H]2COC[C@@H]1CN(C)C2. The van der Waals surface area contributed by atoms with E-state index in [2.05, 4.69) is 29.8 Å². The number of aryl methyl sites for hydroxylation is 1. The molecule has 1 amide bonds. The van der Waals surface area contributed by atoms with Crippen molar-refractivity contribution in [1.29, 1.82) is 0 Å². The van der Waals surface area contributed by atoms with Gasteiger partial charge in [0.15, 0.2) is 0 Å². The zero-order valence-electron chi connectivity index (χ0n) is 12.9. The summed E-state index contributed by atoms with van der Waals surface area (Å²) in [7, 11) is 2.14. The Kier molecular flexibility index (Phi) is 4.27. The van der Waals surface area contributed by atoms with Gasteiger partial charge in [0.25, 0.3) is 5.91 Å². The van der Waals surface area contributed by atoms with E-state index in [1.54, 1.807) is 0 Å². The molecule has 1 aromatic carbocycles. The van der Waals surface area contributed by atoms with E-state index in [9.17, 15) is 4.79 Å². The van der Waals surface area contributed by atoms with Crippen molar-refractivity contribution < 1.29 is 9.53 Å². The van der Waals surface area contributed by atoms with Crippen LogP contribution >= 0.6 is 0 Å². The van der Waals surface area contributed by atoms with Gasteiger partial charge in [-0.25, -0.2) is 0 Å². The molecular weight excluding hydrogens is 264 g/mol. The average Bonchev–Trinajstić information content (AvgIpc) is 2.76. The fourth-order valence-electron chi connectivity index (χ4n) is 3.52. The summed E-state index contributed by atoms with van der Waals surface area (Å²) in [6.45, 7) is 6.24. The van der Waals surface area contributed by atoms with Crippen LogP contribution in [-0.2, 0) is 11.2 Å². The van der Waals surface area contributed by atoms with Crippen LogP contribution in [0.5, 0.6) is 0 Å². The molecule has 4 nitrogen and oxygen atoms in total. The summed E-state index contributed by atoms with van der Waals surface area (Å²) in [6.07, 6.45) is 0.889. The second-order valence-electron chi connectivity index (χ2n) is 6.25. The van der Waals surface area contributed by atoms with Crippen LogP contribution in [-0.4, -0.2) is 61.6 Å². The normalized spacial score (nSPS) is 26.5. The van der Waals surface area contributed by atoms with Gasteiger partial charge in [0.05, 0.1) is 19.3 Å². The maximum atomic E-state index is 13.0. The number of likely N-dealkylation sites (N-methyl/N-ethyl adjacent to an activating group) is 1. The smallest absolute Gasteiger partial charge is 0.254 e. The third-order valence-corrected chi connectivity index (χ3v) is 4.54. The molecule has 4 heteroatoms. The number of nitrogens with zero attached hydrogens (tertiary/aromatic N) is 2. The van der Waals surface area contributed by atoms with E-state index in [1.807, 2.05) is 18.2 Å². The van der Waals surface area contributed by atoms with Gasteiger partial charge in [-0.3, -0.25) is 4.79 Å². The Bertz CT molecular complexity index is 517. The molecule has 2 aliphatic rings. The fraction of sp³-hybridized carbons (Fsp3) is 0.588. The van der Waals surface area contributed by atoms with Crippen molar-refractivity contribution in [3.8, 4) is 0 Å². The number of carbonyl (C=O) groups is 1. The highest BCUT2D eigenvalue weighted by Crippen LogP contribution is 2.22. The van der Waals surface area contributed by atoms with E-state index in [-0.39, 0.29) is 11.9 Å². The van der Waals surface area contributed by atoms with Crippen molar-refractivity contribution in [3.63, 3.8) is 0 Å². The van der Waals surface area contributed by atoms with Crippen LogP contribution in [0.15, 0.2) is 24.3 Å². The topological polar surface area (TPSA) is 32.8 Å². The Morgan fingerprint density at radius 1 is 1.24 bits per heavy atom. The fourth-order valence-corrected chi connectivity index (χ4v) is 3.52.